The molecule has 0 fully saturated rings. The third kappa shape index (κ3) is 5.14. The highest BCUT2D eigenvalue weighted by Gasteiger charge is 2.34. The van der Waals surface area contributed by atoms with Crippen LogP contribution in [0.25, 0.3) is 0 Å². The first-order chi connectivity index (χ1) is 15.4. The number of ether oxygens (including phenoxy) is 1. The minimum Gasteiger partial charge on any atom is -0.466 e. The van der Waals surface area contributed by atoms with Gasteiger partial charge in [0.2, 0.25) is 0 Å². The highest BCUT2D eigenvalue weighted by atomic mass is 32.2. The van der Waals surface area contributed by atoms with Gasteiger partial charge in [-0.2, -0.15) is 0 Å². The first-order valence-electron chi connectivity index (χ1n) is 11.0. The van der Waals surface area contributed by atoms with E-state index >= 15 is 0 Å². The molecule has 0 aliphatic carbocycles. The molecule has 32 heavy (non-hydrogen) atoms. The summed E-state index contributed by atoms with van der Waals surface area (Å²) in [5.74, 6) is 2.39. The van der Waals surface area contributed by atoms with Crippen molar-refractivity contribution in [2.75, 3.05) is 24.5 Å². The Morgan fingerprint density at radius 1 is 1.12 bits per heavy atom. The van der Waals surface area contributed by atoms with Gasteiger partial charge in [0.05, 0.1) is 23.2 Å². The summed E-state index contributed by atoms with van der Waals surface area (Å²) >= 11 is 0. The second kappa shape index (κ2) is 10.7. The Hall–Kier alpha value is -2.82. The monoisotopic (exact) mass is 454 g/mol. The Kier molecular flexibility index (Phi) is 7.94. The molecule has 1 aliphatic heterocycles. The van der Waals surface area contributed by atoms with Crippen LogP contribution in [0.2, 0.25) is 0 Å². The lowest BCUT2D eigenvalue weighted by Gasteiger charge is -2.22. The molecule has 1 aliphatic rings. The standard InChI is InChI=1S/C25H30N2O4S/c1-4-19-15-16-21-23(18-19)32(29,30)27(3)22-13-10-9-12-20(22)25(21)26-17-11-7-6-8-14-24(28)31-5-2/h1,9-10,12-13,15-16,18,25-26H,5-8,11,14,17H2,2-3H3. The number of fused-ring (bicyclic) bond motifs is 2. The summed E-state index contributed by atoms with van der Waals surface area (Å²) in [5, 5.41) is 3.56. The molecule has 7 heteroatoms. The van der Waals surface area contributed by atoms with Gasteiger partial charge < -0.3 is 10.1 Å². The predicted molar refractivity (Wildman–Crippen MR) is 126 cm³/mol. The number of terminal acetylenes is 1. The number of sulfonamides is 1. The lowest BCUT2D eigenvalue weighted by Crippen LogP contribution is -2.26. The molecule has 0 amide bonds. The zero-order chi connectivity index (χ0) is 23.1. The van der Waals surface area contributed by atoms with E-state index in [0.29, 0.717) is 29.8 Å². The van der Waals surface area contributed by atoms with Crippen molar-refractivity contribution < 1.29 is 17.9 Å². The average molecular weight is 455 g/mol. The molecule has 1 heterocycles. The number of unbranched alkanes of at least 4 members (excludes halogenated alkanes) is 3. The molecule has 1 N–H and O–H groups in total. The Morgan fingerprint density at radius 2 is 1.88 bits per heavy atom. The maximum atomic E-state index is 13.3. The summed E-state index contributed by atoms with van der Waals surface area (Å²) in [5.41, 5.74) is 2.79. The number of carbonyl (C=O) groups excluding carboxylic acids is 1. The third-order valence-electron chi connectivity index (χ3n) is 5.68. The molecular formula is C25H30N2O4S. The third-order valence-corrected chi connectivity index (χ3v) is 7.51. The fourth-order valence-corrected chi connectivity index (χ4v) is 5.48. The second-order valence-corrected chi connectivity index (χ2v) is 9.72. The van der Waals surface area contributed by atoms with Crippen LogP contribution < -0.4 is 9.62 Å². The van der Waals surface area contributed by atoms with Gasteiger partial charge in [-0.3, -0.25) is 9.10 Å². The summed E-state index contributed by atoms with van der Waals surface area (Å²) in [6.07, 6.45) is 9.63. The van der Waals surface area contributed by atoms with Gasteiger partial charge in [0, 0.05) is 19.0 Å². The maximum Gasteiger partial charge on any atom is 0.305 e. The Labute approximate surface area is 191 Å². The summed E-state index contributed by atoms with van der Waals surface area (Å²) in [6.45, 7) is 2.95. The van der Waals surface area contributed by atoms with E-state index < -0.39 is 10.0 Å². The van der Waals surface area contributed by atoms with Gasteiger partial charge in [0.1, 0.15) is 0 Å². The van der Waals surface area contributed by atoms with E-state index in [1.54, 1.807) is 19.2 Å². The van der Waals surface area contributed by atoms with Crippen molar-refractivity contribution in [3.8, 4) is 12.3 Å². The number of benzene rings is 2. The number of anilines is 1. The second-order valence-electron chi connectivity index (χ2n) is 7.78. The van der Waals surface area contributed by atoms with Crippen molar-refractivity contribution in [1.29, 1.82) is 0 Å². The summed E-state index contributed by atoms with van der Waals surface area (Å²) in [6, 6.07) is 12.5. The van der Waals surface area contributed by atoms with Gasteiger partial charge in [-0.1, -0.05) is 43.0 Å². The minimum absolute atomic E-state index is 0.144. The molecule has 2 aromatic carbocycles. The van der Waals surface area contributed by atoms with Crippen molar-refractivity contribution >= 4 is 21.7 Å². The van der Waals surface area contributed by atoms with Crippen LogP contribution in [0.1, 0.15) is 61.8 Å². The lowest BCUT2D eigenvalue weighted by molar-refractivity contribution is -0.143. The van der Waals surface area contributed by atoms with Crippen molar-refractivity contribution in [2.24, 2.45) is 0 Å². The zero-order valence-corrected chi connectivity index (χ0v) is 19.5. The van der Waals surface area contributed by atoms with Crippen molar-refractivity contribution in [3.63, 3.8) is 0 Å². The van der Waals surface area contributed by atoms with E-state index in [0.717, 1.165) is 37.8 Å². The molecule has 0 saturated heterocycles. The molecule has 0 saturated carbocycles. The van der Waals surface area contributed by atoms with Gasteiger partial charge in [-0.25, -0.2) is 8.42 Å². The number of para-hydroxylation sites is 1. The quantitative estimate of drug-likeness (QED) is 0.352. The lowest BCUT2D eigenvalue weighted by atomic mass is 9.96. The van der Waals surface area contributed by atoms with E-state index in [4.69, 9.17) is 11.2 Å². The van der Waals surface area contributed by atoms with Gasteiger partial charge in [-0.15, -0.1) is 6.42 Å². The maximum absolute atomic E-state index is 13.3. The summed E-state index contributed by atoms with van der Waals surface area (Å²) < 4.78 is 33.0. The molecule has 3 rings (SSSR count). The van der Waals surface area contributed by atoms with Crippen LogP contribution in [-0.2, 0) is 19.6 Å². The van der Waals surface area contributed by atoms with E-state index in [2.05, 4.69) is 11.2 Å². The zero-order valence-electron chi connectivity index (χ0n) is 18.6. The van der Waals surface area contributed by atoms with E-state index in [1.165, 1.54) is 4.31 Å². The van der Waals surface area contributed by atoms with Crippen molar-refractivity contribution in [3.05, 3.63) is 59.2 Å². The molecule has 6 nitrogen and oxygen atoms in total. The van der Waals surface area contributed by atoms with Gasteiger partial charge in [0.15, 0.2) is 0 Å². The number of hydrogen-bond acceptors (Lipinski definition) is 5. The molecular weight excluding hydrogens is 424 g/mol. The Morgan fingerprint density at radius 3 is 2.62 bits per heavy atom. The summed E-state index contributed by atoms with van der Waals surface area (Å²) in [7, 11) is -2.16. The first-order valence-corrected chi connectivity index (χ1v) is 12.4. The van der Waals surface area contributed by atoms with Crippen LogP contribution in [0.3, 0.4) is 0 Å². The molecule has 0 bridgehead atoms. The van der Waals surface area contributed by atoms with Crippen LogP contribution in [0, 0.1) is 12.3 Å². The number of carbonyl (C=O) groups is 1. The molecule has 2 aromatic rings. The van der Waals surface area contributed by atoms with Crippen LogP contribution in [0.4, 0.5) is 5.69 Å². The Balaban J connectivity index is 1.77. The fourth-order valence-electron chi connectivity index (χ4n) is 4.00. The number of esters is 1. The SMILES string of the molecule is C#Cc1ccc2c(c1)S(=O)(=O)N(C)c1ccccc1C2NCCCCCCC(=O)OCC. The highest BCUT2D eigenvalue weighted by Crippen LogP contribution is 2.40. The van der Waals surface area contributed by atoms with Crippen LogP contribution in [-0.4, -0.2) is 34.6 Å². The smallest absolute Gasteiger partial charge is 0.305 e. The molecule has 0 spiro atoms. The average Bonchev–Trinajstić information content (AvgIpc) is 2.86. The number of rotatable bonds is 9. The van der Waals surface area contributed by atoms with Crippen LogP contribution in [0.15, 0.2) is 47.4 Å². The van der Waals surface area contributed by atoms with Gasteiger partial charge in [0.25, 0.3) is 10.0 Å². The van der Waals surface area contributed by atoms with Crippen LogP contribution >= 0.6 is 0 Å². The van der Waals surface area contributed by atoms with Gasteiger partial charge >= 0.3 is 5.97 Å². The van der Waals surface area contributed by atoms with E-state index in [-0.39, 0.29) is 16.9 Å². The number of nitrogens with zero attached hydrogens (tertiary/aromatic N) is 1. The van der Waals surface area contributed by atoms with Crippen molar-refractivity contribution in [1.82, 2.24) is 5.32 Å². The van der Waals surface area contributed by atoms with Crippen molar-refractivity contribution in [2.45, 2.75) is 50.0 Å². The molecule has 1 unspecified atom stereocenters. The fraction of sp³-hybridized carbons (Fsp3) is 0.400. The van der Waals surface area contributed by atoms with Crippen LogP contribution in [0.5, 0.6) is 0 Å². The molecule has 1 atom stereocenters. The Bertz CT molecular complexity index is 1110. The first kappa shape index (κ1) is 23.8. The topological polar surface area (TPSA) is 75.7 Å². The largest absolute Gasteiger partial charge is 0.466 e. The highest BCUT2D eigenvalue weighted by molar-refractivity contribution is 7.92. The number of nitrogens with one attached hydrogen (secondary N) is 1. The van der Waals surface area contributed by atoms with Gasteiger partial charge in [-0.05, 0) is 55.6 Å². The predicted octanol–water partition coefficient (Wildman–Crippen LogP) is 4.00. The molecule has 170 valence electrons. The normalized spacial score (nSPS) is 16.4. The van der Waals surface area contributed by atoms with E-state index in [1.807, 2.05) is 37.3 Å². The molecule has 0 radical (unpaired) electrons. The minimum atomic E-state index is -3.74. The summed E-state index contributed by atoms with van der Waals surface area (Å²) in [4.78, 5) is 11.7. The molecule has 0 aromatic heterocycles. The van der Waals surface area contributed by atoms with E-state index in [9.17, 15) is 13.2 Å². The number of hydrogen-bond donors (Lipinski definition) is 1.